The topological polar surface area (TPSA) is 0 Å². The molecule has 0 saturated heterocycles. The summed E-state index contributed by atoms with van der Waals surface area (Å²) in [5.41, 5.74) is 0. The Morgan fingerprint density at radius 3 is 1.11 bits per heavy atom. The lowest BCUT2D eigenvalue weighted by molar-refractivity contribution is 1.23. The highest BCUT2D eigenvalue weighted by Gasteiger charge is 1.45. The highest BCUT2D eigenvalue weighted by atomic mass is 32.1. The molecule has 0 aromatic heterocycles. The summed E-state index contributed by atoms with van der Waals surface area (Å²) in [5, 5.41) is 0. The average molecular weight is 146 g/mol. The van der Waals surface area contributed by atoms with Crippen LogP contribution in [0.4, 0.5) is 0 Å². The van der Waals surface area contributed by atoms with Gasteiger partial charge in [-0.25, -0.2) is 0 Å². The molecule has 0 radical (unpaired) electrons. The Morgan fingerprint density at radius 2 is 1.11 bits per heavy atom. The first kappa shape index (κ1) is 15.9. The van der Waals surface area contributed by atoms with Gasteiger partial charge in [-0.3, -0.25) is 0 Å². The second-order valence-electron chi connectivity index (χ2n) is 1.39. The van der Waals surface area contributed by atoms with Crippen molar-refractivity contribution in [1.29, 1.82) is 0 Å². The molecule has 0 aliphatic heterocycles. The molecule has 0 nitrogen and oxygen atoms in total. The molecule has 0 atom stereocenters. The lowest BCUT2D eigenvalue weighted by Crippen LogP contribution is -1.36. The van der Waals surface area contributed by atoms with Crippen molar-refractivity contribution in [3.8, 4) is 0 Å². The van der Waals surface area contributed by atoms with Gasteiger partial charge in [0.25, 0.3) is 0 Å². The fraction of sp³-hybridized carbons (Fsp3) is 0.500. The molecule has 0 saturated carbocycles. The molecular weight excluding hydrogens is 128 g/mol. The molecule has 0 aromatic carbocycles. The SMILES string of the molecule is C=CCC.C=CCC.S. The number of hydrogen-bond acceptors (Lipinski definition) is 0. The van der Waals surface area contributed by atoms with Gasteiger partial charge in [0.1, 0.15) is 0 Å². The Hall–Kier alpha value is -0.170. The van der Waals surface area contributed by atoms with Gasteiger partial charge in [0, 0.05) is 0 Å². The van der Waals surface area contributed by atoms with Crippen molar-refractivity contribution in [3.63, 3.8) is 0 Å². The van der Waals surface area contributed by atoms with Gasteiger partial charge in [0.2, 0.25) is 0 Å². The zero-order chi connectivity index (χ0) is 6.83. The highest BCUT2D eigenvalue weighted by molar-refractivity contribution is 7.59. The van der Waals surface area contributed by atoms with Crippen LogP contribution < -0.4 is 0 Å². The van der Waals surface area contributed by atoms with E-state index in [2.05, 4.69) is 27.0 Å². The van der Waals surface area contributed by atoms with Crippen LogP contribution in [0.25, 0.3) is 0 Å². The molecule has 0 fully saturated rings. The van der Waals surface area contributed by atoms with Gasteiger partial charge in [-0.05, 0) is 12.8 Å². The molecule has 0 N–H and O–H groups in total. The van der Waals surface area contributed by atoms with Crippen LogP contribution in [0.5, 0.6) is 0 Å². The molecule has 0 aliphatic rings. The van der Waals surface area contributed by atoms with Gasteiger partial charge >= 0.3 is 0 Å². The van der Waals surface area contributed by atoms with Gasteiger partial charge in [-0.2, -0.15) is 13.5 Å². The van der Waals surface area contributed by atoms with Crippen LogP contribution in [0.3, 0.4) is 0 Å². The molecule has 1 heteroatoms. The molecule has 0 aliphatic carbocycles. The first-order valence-electron chi connectivity index (χ1n) is 3.05. The van der Waals surface area contributed by atoms with Crippen molar-refractivity contribution in [2.24, 2.45) is 0 Å². The van der Waals surface area contributed by atoms with E-state index in [1.54, 1.807) is 0 Å². The van der Waals surface area contributed by atoms with Crippen molar-refractivity contribution in [1.82, 2.24) is 0 Å². The molecule has 56 valence electrons. The lowest BCUT2D eigenvalue weighted by Gasteiger charge is -1.57. The van der Waals surface area contributed by atoms with Gasteiger partial charge in [0.15, 0.2) is 0 Å². The van der Waals surface area contributed by atoms with Crippen LogP contribution >= 0.6 is 13.5 Å². The average Bonchev–Trinajstić information content (AvgIpc) is 1.88. The largest absolute Gasteiger partial charge is 0.197 e. The molecule has 0 rings (SSSR count). The van der Waals surface area contributed by atoms with E-state index in [0.29, 0.717) is 0 Å². The predicted molar refractivity (Wildman–Crippen MR) is 51.4 cm³/mol. The van der Waals surface area contributed by atoms with Crippen LogP contribution in [-0.2, 0) is 0 Å². The number of allylic oxidation sites excluding steroid dienone is 2. The molecule has 0 bridgehead atoms. The van der Waals surface area contributed by atoms with Crippen LogP contribution in [0, 0.1) is 0 Å². The maximum Gasteiger partial charge on any atom is -0.0382 e. The minimum atomic E-state index is 0. The Kier molecular flexibility index (Phi) is 44.1. The summed E-state index contributed by atoms with van der Waals surface area (Å²) in [4.78, 5) is 0. The minimum absolute atomic E-state index is 0. The molecule has 0 aromatic rings. The van der Waals surface area contributed by atoms with E-state index in [0.717, 1.165) is 12.8 Å². The van der Waals surface area contributed by atoms with E-state index >= 15 is 0 Å². The maximum absolute atomic E-state index is 3.48. The summed E-state index contributed by atoms with van der Waals surface area (Å²) in [5.74, 6) is 0. The van der Waals surface area contributed by atoms with E-state index < -0.39 is 0 Å². The fourth-order valence-electron chi connectivity index (χ4n) is 0. The molecular formula is C8H18S. The van der Waals surface area contributed by atoms with Crippen LogP contribution in [-0.4, -0.2) is 0 Å². The molecule has 0 amide bonds. The molecule has 0 spiro atoms. The van der Waals surface area contributed by atoms with Gasteiger partial charge in [0.05, 0.1) is 0 Å². The van der Waals surface area contributed by atoms with Crippen LogP contribution in [0.2, 0.25) is 0 Å². The second kappa shape index (κ2) is 24.9. The van der Waals surface area contributed by atoms with E-state index in [1.807, 2.05) is 12.2 Å². The summed E-state index contributed by atoms with van der Waals surface area (Å²) in [6, 6.07) is 0. The lowest BCUT2D eigenvalue weighted by atomic mass is 10.5. The highest BCUT2D eigenvalue weighted by Crippen LogP contribution is 1.66. The minimum Gasteiger partial charge on any atom is -0.197 e. The van der Waals surface area contributed by atoms with E-state index in [-0.39, 0.29) is 13.5 Å². The van der Waals surface area contributed by atoms with Crippen LogP contribution in [0.1, 0.15) is 26.7 Å². The summed E-state index contributed by atoms with van der Waals surface area (Å²) in [7, 11) is 0. The Bertz CT molecular complexity index is 40.5. The van der Waals surface area contributed by atoms with Gasteiger partial charge in [-0.1, -0.05) is 26.0 Å². The maximum atomic E-state index is 3.48. The fourth-order valence-corrected chi connectivity index (χ4v) is 0. The van der Waals surface area contributed by atoms with Gasteiger partial charge in [-0.15, -0.1) is 13.2 Å². The molecule has 0 heterocycles. The predicted octanol–water partition coefficient (Wildman–Crippen LogP) is 3.28. The summed E-state index contributed by atoms with van der Waals surface area (Å²) in [6.45, 7) is 11.1. The third-order valence-corrected chi connectivity index (χ3v) is 0.577. The third-order valence-electron chi connectivity index (χ3n) is 0.577. The van der Waals surface area contributed by atoms with Crippen molar-refractivity contribution < 1.29 is 0 Å². The number of rotatable bonds is 2. The van der Waals surface area contributed by atoms with E-state index in [4.69, 9.17) is 0 Å². The summed E-state index contributed by atoms with van der Waals surface area (Å²) in [6.07, 6.45) is 5.92. The second-order valence-corrected chi connectivity index (χ2v) is 1.39. The summed E-state index contributed by atoms with van der Waals surface area (Å²) >= 11 is 0. The van der Waals surface area contributed by atoms with E-state index in [1.165, 1.54) is 0 Å². The van der Waals surface area contributed by atoms with Crippen molar-refractivity contribution in [2.75, 3.05) is 0 Å². The molecule has 0 unspecified atom stereocenters. The zero-order valence-electron chi connectivity index (χ0n) is 6.48. The first-order valence-corrected chi connectivity index (χ1v) is 3.05. The van der Waals surface area contributed by atoms with E-state index in [9.17, 15) is 0 Å². The Labute approximate surface area is 66.1 Å². The zero-order valence-corrected chi connectivity index (χ0v) is 7.48. The van der Waals surface area contributed by atoms with Crippen molar-refractivity contribution in [2.45, 2.75) is 26.7 Å². The Balaban J connectivity index is -0.0000000720. The quantitative estimate of drug-likeness (QED) is 0.524. The standard InChI is InChI=1S/2C4H8.H2S/c2*1-3-4-2;/h2*3H,1,4H2,2H3;1H2. The third kappa shape index (κ3) is 79.5. The molecule has 9 heavy (non-hydrogen) atoms. The van der Waals surface area contributed by atoms with Crippen molar-refractivity contribution >= 4 is 13.5 Å². The summed E-state index contributed by atoms with van der Waals surface area (Å²) < 4.78 is 0. The first-order chi connectivity index (χ1) is 3.83. The van der Waals surface area contributed by atoms with Crippen LogP contribution in [0.15, 0.2) is 25.3 Å². The Morgan fingerprint density at radius 1 is 1.00 bits per heavy atom. The van der Waals surface area contributed by atoms with Gasteiger partial charge < -0.3 is 0 Å². The normalized spacial score (nSPS) is 5.56. The monoisotopic (exact) mass is 146 g/mol. The van der Waals surface area contributed by atoms with Crippen molar-refractivity contribution in [3.05, 3.63) is 25.3 Å². The number of hydrogen-bond donors (Lipinski definition) is 0. The smallest absolute Gasteiger partial charge is 0.0382 e.